The molecule has 0 saturated carbocycles. The molecule has 3 aromatic rings. The Morgan fingerprint density at radius 1 is 1.07 bits per heavy atom. The van der Waals surface area contributed by atoms with E-state index in [-0.39, 0.29) is 0 Å². The Labute approximate surface area is 172 Å². The van der Waals surface area contributed by atoms with Crippen molar-refractivity contribution in [2.45, 2.75) is 6.54 Å². The minimum Gasteiger partial charge on any atom is -0.454 e. The largest absolute Gasteiger partial charge is 0.454 e. The molecule has 2 aliphatic heterocycles. The van der Waals surface area contributed by atoms with Crippen LogP contribution in [-0.2, 0) is 6.54 Å². The van der Waals surface area contributed by atoms with Crippen LogP contribution in [0, 0.1) is 0 Å². The first-order valence-electron chi connectivity index (χ1n) is 9.39. The van der Waals surface area contributed by atoms with Gasteiger partial charge >= 0.3 is 0 Å². The summed E-state index contributed by atoms with van der Waals surface area (Å²) in [6, 6.07) is 6.14. The van der Waals surface area contributed by atoms with E-state index in [4.69, 9.17) is 15.2 Å². The lowest BCUT2D eigenvalue weighted by Crippen LogP contribution is -2.46. The van der Waals surface area contributed by atoms with Gasteiger partial charge in [0, 0.05) is 44.3 Å². The number of hydrogen-bond donors (Lipinski definition) is 2. The lowest BCUT2D eigenvalue weighted by Gasteiger charge is -2.36. The lowest BCUT2D eigenvalue weighted by molar-refractivity contribution is 0.174. The van der Waals surface area contributed by atoms with Crippen LogP contribution in [0.2, 0.25) is 0 Å². The van der Waals surface area contributed by atoms with Crippen LogP contribution in [0.15, 0.2) is 36.1 Å². The van der Waals surface area contributed by atoms with Gasteiger partial charge < -0.3 is 25.4 Å². The van der Waals surface area contributed by atoms with E-state index < -0.39 is 0 Å². The van der Waals surface area contributed by atoms with Crippen molar-refractivity contribution in [2.24, 2.45) is 0 Å². The molecule has 4 heterocycles. The number of aromatic nitrogens is 3. The summed E-state index contributed by atoms with van der Waals surface area (Å²) < 4.78 is 10.9. The van der Waals surface area contributed by atoms with Crippen molar-refractivity contribution in [2.75, 3.05) is 48.9 Å². The summed E-state index contributed by atoms with van der Waals surface area (Å²) >= 11 is 1.50. The molecule has 0 spiro atoms. The van der Waals surface area contributed by atoms with Gasteiger partial charge in [0.2, 0.25) is 6.79 Å². The number of rotatable bonds is 5. The molecule has 150 valence electrons. The molecule has 1 saturated heterocycles. The van der Waals surface area contributed by atoms with Gasteiger partial charge in [-0.1, -0.05) is 6.07 Å². The zero-order valence-electron chi connectivity index (χ0n) is 15.7. The molecule has 0 aliphatic carbocycles. The third kappa shape index (κ3) is 3.76. The summed E-state index contributed by atoms with van der Waals surface area (Å²) in [4.78, 5) is 17.5. The molecule has 9 nitrogen and oxygen atoms in total. The average Bonchev–Trinajstić information content (AvgIpc) is 3.42. The molecule has 0 radical (unpaired) electrons. The van der Waals surface area contributed by atoms with Gasteiger partial charge in [-0.3, -0.25) is 4.90 Å². The summed E-state index contributed by atoms with van der Waals surface area (Å²) in [6.07, 6.45) is 3.28. The quantitative estimate of drug-likeness (QED) is 0.655. The van der Waals surface area contributed by atoms with Gasteiger partial charge in [0.15, 0.2) is 28.3 Å². The molecule has 2 aliphatic rings. The smallest absolute Gasteiger partial charge is 0.231 e. The van der Waals surface area contributed by atoms with Crippen molar-refractivity contribution >= 4 is 33.8 Å². The van der Waals surface area contributed by atoms with Crippen LogP contribution in [0.25, 0.3) is 0 Å². The first-order chi connectivity index (χ1) is 14.3. The molecule has 29 heavy (non-hydrogen) atoms. The van der Waals surface area contributed by atoms with Gasteiger partial charge in [-0.25, -0.2) is 15.0 Å². The van der Waals surface area contributed by atoms with Gasteiger partial charge in [-0.2, -0.15) is 0 Å². The summed E-state index contributed by atoms with van der Waals surface area (Å²) in [5, 5.41) is 5.83. The molecule has 1 fully saturated rings. The molecule has 3 N–H and O–H groups in total. The average molecular weight is 411 g/mol. The standard InChI is InChI=1S/C19H21N7O2S/c20-16-17(24-19-21-3-8-29-19)22-11-23-18(16)26-6-4-25(5-7-26)10-13-1-2-14-15(9-13)28-12-27-14/h1-3,8-9,11H,4-7,10,12,20H2,(H,21,22,23,24). The Hall–Kier alpha value is -3.11. The Morgan fingerprint density at radius 3 is 2.76 bits per heavy atom. The highest BCUT2D eigenvalue weighted by molar-refractivity contribution is 7.13. The fourth-order valence-corrected chi connectivity index (χ4v) is 4.07. The predicted molar refractivity (Wildman–Crippen MR) is 112 cm³/mol. The second-order valence-electron chi connectivity index (χ2n) is 6.87. The summed E-state index contributed by atoms with van der Waals surface area (Å²) in [7, 11) is 0. The molecule has 0 unspecified atom stereocenters. The summed E-state index contributed by atoms with van der Waals surface area (Å²) in [6.45, 7) is 4.73. The third-order valence-electron chi connectivity index (χ3n) is 5.04. The van der Waals surface area contributed by atoms with Crippen LogP contribution < -0.4 is 25.4 Å². The Bertz CT molecular complexity index is 990. The minimum absolute atomic E-state index is 0.303. The molecule has 0 amide bonds. The molecule has 5 rings (SSSR count). The first-order valence-corrected chi connectivity index (χ1v) is 10.3. The number of nitrogens with two attached hydrogens (primary N) is 1. The zero-order valence-corrected chi connectivity index (χ0v) is 16.6. The van der Waals surface area contributed by atoms with E-state index in [2.05, 4.69) is 42.2 Å². The number of hydrogen-bond acceptors (Lipinski definition) is 10. The van der Waals surface area contributed by atoms with Crippen LogP contribution in [0.1, 0.15) is 5.56 Å². The van der Waals surface area contributed by atoms with E-state index in [1.165, 1.54) is 16.9 Å². The Balaban J connectivity index is 1.23. The van der Waals surface area contributed by atoms with Crippen LogP contribution in [0.5, 0.6) is 11.5 Å². The number of nitrogens with one attached hydrogen (secondary N) is 1. The number of nitrogen functional groups attached to an aromatic ring is 1. The van der Waals surface area contributed by atoms with Crippen molar-refractivity contribution in [1.29, 1.82) is 0 Å². The maximum atomic E-state index is 6.35. The normalized spacial score (nSPS) is 16.2. The number of benzene rings is 1. The number of ether oxygens (including phenoxy) is 2. The van der Waals surface area contributed by atoms with Crippen molar-refractivity contribution in [3.8, 4) is 11.5 Å². The molecular weight excluding hydrogens is 390 g/mol. The van der Waals surface area contributed by atoms with Crippen molar-refractivity contribution in [3.05, 3.63) is 41.7 Å². The molecule has 1 aromatic carbocycles. The monoisotopic (exact) mass is 411 g/mol. The highest BCUT2D eigenvalue weighted by Gasteiger charge is 2.22. The highest BCUT2D eigenvalue weighted by Crippen LogP contribution is 2.33. The van der Waals surface area contributed by atoms with Crippen LogP contribution in [0.3, 0.4) is 0 Å². The first kappa shape index (κ1) is 18.0. The maximum Gasteiger partial charge on any atom is 0.231 e. The minimum atomic E-state index is 0.303. The number of thiazole rings is 1. The fourth-order valence-electron chi connectivity index (χ4n) is 3.54. The second kappa shape index (κ2) is 7.72. The van der Waals surface area contributed by atoms with Crippen molar-refractivity contribution in [1.82, 2.24) is 19.9 Å². The number of fused-ring (bicyclic) bond motifs is 1. The van der Waals surface area contributed by atoms with E-state index in [0.717, 1.165) is 55.2 Å². The number of piperazine rings is 1. The van der Waals surface area contributed by atoms with Gasteiger partial charge in [0.05, 0.1) is 0 Å². The highest BCUT2D eigenvalue weighted by atomic mass is 32.1. The van der Waals surface area contributed by atoms with Gasteiger partial charge in [0.1, 0.15) is 12.0 Å². The number of anilines is 4. The van der Waals surface area contributed by atoms with E-state index >= 15 is 0 Å². The third-order valence-corrected chi connectivity index (χ3v) is 5.72. The van der Waals surface area contributed by atoms with Gasteiger partial charge in [-0.15, -0.1) is 11.3 Å². The SMILES string of the molecule is Nc1c(Nc2nccs2)ncnc1N1CCN(Cc2ccc3c(c2)OCO3)CC1. The molecular formula is C19H21N7O2S. The molecule has 0 atom stereocenters. The second-order valence-corrected chi connectivity index (χ2v) is 7.77. The van der Waals surface area contributed by atoms with Crippen LogP contribution >= 0.6 is 11.3 Å². The van der Waals surface area contributed by atoms with Gasteiger partial charge in [0.25, 0.3) is 0 Å². The fraction of sp³-hybridized carbons (Fsp3) is 0.316. The maximum absolute atomic E-state index is 6.35. The van der Waals surface area contributed by atoms with Crippen molar-refractivity contribution in [3.63, 3.8) is 0 Å². The summed E-state index contributed by atoms with van der Waals surface area (Å²) in [5.41, 5.74) is 8.12. The lowest BCUT2D eigenvalue weighted by atomic mass is 10.1. The number of nitrogens with zero attached hydrogens (tertiary/aromatic N) is 5. The zero-order chi connectivity index (χ0) is 19.6. The summed E-state index contributed by atoms with van der Waals surface area (Å²) in [5.74, 6) is 3.00. The Kier molecular flexibility index (Phi) is 4.78. The molecule has 0 bridgehead atoms. The van der Waals surface area contributed by atoms with Crippen LogP contribution in [0.4, 0.5) is 22.5 Å². The molecule has 2 aromatic heterocycles. The predicted octanol–water partition coefficient (Wildman–Crippen LogP) is 2.31. The van der Waals surface area contributed by atoms with Gasteiger partial charge in [-0.05, 0) is 17.7 Å². The Morgan fingerprint density at radius 2 is 1.93 bits per heavy atom. The van der Waals surface area contributed by atoms with E-state index in [9.17, 15) is 0 Å². The van der Waals surface area contributed by atoms with E-state index in [1.54, 1.807) is 12.5 Å². The van der Waals surface area contributed by atoms with Crippen molar-refractivity contribution < 1.29 is 9.47 Å². The molecule has 10 heteroatoms. The van der Waals surface area contributed by atoms with E-state index in [1.807, 2.05) is 11.4 Å². The van der Waals surface area contributed by atoms with E-state index in [0.29, 0.717) is 18.3 Å². The van der Waals surface area contributed by atoms with Crippen LogP contribution in [-0.4, -0.2) is 52.8 Å². The topological polar surface area (TPSA) is 102 Å².